The molecule has 27 heavy (non-hydrogen) atoms. The molecule has 1 N–H and O–H groups in total. The highest BCUT2D eigenvalue weighted by Crippen LogP contribution is 2.29. The van der Waals surface area contributed by atoms with Gasteiger partial charge in [-0.2, -0.15) is 0 Å². The van der Waals surface area contributed by atoms with Crippen LogP contribution in [0.25, 0.3) is 10.9 Å². The van der Waals surface area contributed by atoms with Crippen LogP contribution in [0.1, 0.15) is 5.56 Å². The number of methoxy groups -OCH3 is 1. The Bertz CT molecular complexity index is 1060. The van der Waals surface area contributed by atoms with Gasteiger partial charge in [0.2, 0.25) is 0 Å². The van der Waals surface area contributed by atoms with Crippen LogP contribution in [-0.2, 0) is 10.0 Å². The fourth-order valence-electron chi connectivity index (χ4n) is 2.97. The Balaban J connectivity index is 1.98. The molecule has 1 aromatic heterocycles. The number of aryl methyl sites for hydroxylation is 1. The van der Waals surface area contributed by atoms with Crippen LogP contribution in [0, 0.1) is 6.92 Å². The summed E-state index contributed by atoms with van der Waals surface area (Å²) in [5, 5.41) is 4.12. The summed E-state index contributed by atoms with van der Waals surface area (Å²) in [5.41, 5.74) is 2.31. The second-order valence-electron chi connectivity index (χ2n) is 6.75. The average Bonchev–Trinajstić information content (AvgIpc) is 2.98. The van der Waals surface area contributed by atoms with Gasteiger partial charge in [-0.1, -0.05) is 6.07 Å². The molecule has 0 fully saturated rings. The molecule has 0 saturated heterocycles. The largest absolute Gasteiger partial charge is 0.497 e. The summed E-state index contributed by atoms with van der Waals surface area (Å²) in [7, 11) is 1.89. The molecule has 0 radical (unpaired) electrons. The summed E-state index contributed by atoms with van der Waals surface area (Å²) in [4.78, 5) is 2.32. The van der Waals surface area contributed by atoms with Gasteiger partial charge in [-0.05, 0) is 63.0 Å². The Morgan fingerprint density at radius 1 is 1.15 bits per heavy atom. The monoisotopic (exact) mass is 387 g/mol. The second kappa shape index (κ2) is 7.62. The summed E-state index contributed by atoms with van der Waals surface area (Å²) < 4.78 is 33.1. The molecular formula is C20H25N3O3S. The summed E-state index contributed by atoms with van der Waals surface area (Å²) in [6.45, 7) is 3.50. The highest BCUT2D eigenvalue weighted by molar-refractivity contribution is 7.90. The maximum atomic E-state index is 13.2. The molecule has 7 heteroatoms. The first-order valence-electron chi connectivity index (χ1n) is 8.73. The summed E-state index contributed by atoms with van der Waals surface area (Å²) in [6.07, 6.45) is 1.66. The van der Waals surface area contributed by atoms with E-state index in [0.717, 1.165) is 29.7 Å². The molecule has 0 saturated carbocycles. The molecule has 0 bridgehead atoms. The maximum absolute atomic E-state index is 13.2. The average molecular weight is 388 g/mol. The number of ether oxygens (including phenoxy) is 1. The number of nitrogens with one attached hydrogen (secondary N) is 1. The van der Waals surface area contributed by atoms with E-state index in [1.807, 2.05) is 33.2 Å². The third kappa shape index (κ3) is 3.94. The third-order valence-corrected chi connectivity index (χ3v) is 6.13. The topological polar surface area (TPSA) is 63.6 Å². The molecule has 0 aliphatic carbocycles. The highest BCUT2D eigenvalue weighted by Gasteiger charge is 2.21. The Morgan fingerprint density at radius 3 is 2.63 bits per heavy atom. The van der Waals surface area contributed by atoms with E-state index in [1.165, 1.54) is 3.97 Å². The smallest absolute Gasteiger partial charge is 0.268 e. The van der Waals surface area contributed by atoms with Gasteiger partial charge in [0.25, 0.3) is 10.0 Å². The van der Waals surface area contributed by atoms with Crippen molar-refractivity contribution in [3.05, 3.63) is 54.2 Å². The number of benzene rings is 2. The number of nitrogens with zero attached hydrogens (tertiary/aromatic N) is 2. The van der Waals surface area contributed by atoms with Gasteiger partial charge >= 0.3 is 0 Å². The number of hydrogen-bond acceptors (Lipinski definition) is 5. The number of hydrogen-bond donors (Lipinski definition) is 1. The zero-order valence-electron chi connectivity index (χ0n) is 16.1. The van der Waals surface area contributed by atoms with Crippen molar-refractivity contribution in [3.63, 3.8) is 0 Å². The number of aromatic nitrogens is 1. The number of fused-ring (bicyclic) bond motifs is 1. The van der Waals surface area contributed by atoms with Crippen LogP contribution in [0.2, 0.25) is 0 Å². The molecule has 0 amide bonds. The minimum Gasteiger partial charge on any atom is -0.497 e. The molecule has 144 valence electrons. The SMILES string of the molecule is COc1ccc2c(c1)c(C)cn2S(=O)(=O)c1cccc(NCCN(C)C)c1. The van der Waals surface area contributed by atoms with Crippen LogP contribution in [0.4, 0.5) is 5.69 Å². The van der Waals surface area contributed by atoms with E-state index in [2.05, 4.69) is 10.2 Å². The predicted molar refractivity (Wildman–Crippen MR) is 109 cm³/mol. The Hall–Kier alpha value is -2.51. The van der Waals surface area contributed by atoms with Crippen molar-refractivity contribution < 1.29 is 13.2 Å². The molecule has 0 aliphatic heterocycles. The molecule has 3 aromatic rings. The van der Waals surface area contributed by atoms with Gasteiger partial charge in [-0.15, -0.1) is 0 Å². The lowest BCUT2D eigenvalue weighted by atomic mass is 10.2. The first-order valence-corrected chi connectivity index (χ1v) is 10.2. The molecule has 0 unspecified atom stereocenters. The minimum absolute atomic E-state index is 0.255. The van der Waals surface area contributed by atoms with Crippen molar-refractivity contribution in [2.24, 2.45) is 0 Å². The number of likely N-dealkylation sites (N-methyl/N-ethyl adjacent to an activating group) is 1. The molecule has 0 atom stereocenters. The fraction of sp³-hybridized carbons (Fsp3) is 0.300. The van der Waals surface area contributed by atoms with Crippen molar-refractivity contribution in [3.8, 4) is 5.75 Å². The van der Waals surface area contributed by atoms with E-state index >= 15 is 0 Å². The van der Waals surface area contributed by atoms with Gasteiger partial charge < -0.3 is 15.0 Å². The summed E-state index contributed by atoms with van der Waals surface area (Å²) in [5.74, 6) is 0.702. The van der Waals surface area contributed by atoms with E-state index < -0.39 is 10.0 Å². The van der Waals surface area contributed by atoms with Crippen LogP contribution in [0.3, 0.4) is 0 Å². The summed E-state index contributed by atoms with van der Waals surface area (Å²) in [6, 6.07) is 12.3. The lowest BCUT2D eigenvalue weighted by Gasteiger charge is -2.13. The predicted octanol–water partition coefficient (Wildman–Crippen LogP) is 3.17. The van der Waals surface area contributed by atoms with Gasteiger partial charge in [-0.3, -0.25) is 0 Å². The van der Waals surface area contributed by atoms with E-state index in [9.17, 15) is 8.42 Å². The summed E-state index contributed by atoms with van der Waals surface area (Å²) >= 11 is 0. The number of rotatable bonds is 7. The van der Waals surface area contributed by atoms with Crippen molar-refractivity contribution >= 4 is 26.6 Å². The highest BCUT2D eigenvalue weighted by atomic mass is 32.2. The van der Waals surface area contributed by atoms with Crippen molar-refractivity contribution in [2.75, 3.05) is 39.6 Å². The van der Waals surface area contributed by atoms with Gasteiger partial charge in [0.1, 0.15) is 5.75 Å². The first kappa shape index (κ1) is 19.3. The zero-order valence-corrected chi connectivity index (χ0v) is 16.9. The normalized spacial score (nSPS) is 11.9. The van der Waals surface area contributed by atoms with Crippen LogP contribution >= 0.6 is 0 Å². The molecule has 3 rings (SSSR count). The standard InChI is InChI=1S/C20H25N3O3S/c1-15-14-23(20-9-8-17(26-4)13-19(15)20)27(24,25)18-7-5-6-16(12-18)21-10-11-22(2)3/h5-9,12-14,21H,10-11H2,1-4H3. The van der Waals surface area contributed by atoms with E-state index in [0.29, 0.717) is 11.3 Å². The molecule has 0 aliphatic rings. The second-order valence-corrected chi connectivity index (χ2v) is 8.57. The first-order chi connectivity index (χ1) is 12.8. The third-order valence-electron chi connectivity index (χ3n) is 4.46. The maximum Gasteiger partial charge on any atom is 0.268 e. The molecule has 0 spiro atoms. The molecule has 2 aromatic carbocycles. The Labute approximate surface area is 160 Å². The van der Waals surface area contributed by atoms with Crippen LogP contribution in [-0.4, -0.2) is 51.6 Å². The van der Waals surface area contributed by atoms with E-state index in [4.69, 9.17) is 4.74 Å². The van der Waals surface area contributed by atoms with Gasteiger partial charge in [0, 0.05) is 30.4 Å². The van der Waals surface area contributed by atoms with E-state index in [-0.39, 0.29) is 4.90 Å². The zero-order chi connectivity index (χ0) is 19.6. The van der Waals surface area contributed by atoms with Crippen LogP contribution in [0.5, 0.6) is 5.75 Å². The van der Waals surface area contributed by atoms with Gasteiger partial charge in [-0.25, -0.2) is 12.4 Å². The van der Waals surface area contributed by atoms with Crippen LogP contribution < -0.4 is 10.1 Å². The lowest BCUT2D eigenvalue weighted by molar-refractivity contribution is 0.415. The van der Waals surface area contributed by atoms with Crippen LogP contribution in [0.15, 0.2) is 53.6 Å². The minimum atomic E-state index is -3.70. The number of anilines is 1. The van der Waals surface area contributed by atoms with Gasteiger partial charge in [0.05, 0.1) is 17.5 Å². The Morgan fingerprint density at radius 2 is 1.93 bits per heavy atom. The van der Waals surface area contributed by atoms with E-state index in [1.54, 1.807) is 43.6 Å². The van der Waals surface area contributed by atoms with Crippen molar-refractivity contribution in [1.29, 1.82) is 0 Å². The van der Waals surface area contributed by atoms with Gasteiger partial charge in [0.15, 0.2) is 0 Å². The quantitative estimate of drug-likeness (QED) is 0.675. The Kier molecular flexibility index (Phi) is 5.43. The molecule has 1 heterocycles. The molecular weight excluding hydrogens is 362 g/mol. The lowest BCUT2D eigenvalue weighted by Crippen LogP contribution is -2.21. The van der Waals surface area contributed by atoms with Crippen molar-refractivity contribution in [1.82, 2.24) is 8.87 Å². The van der Waals surface area contributed by atoms with Crippen molar-refractivity contribution in [2.45, 2.75) is 11.8 Å². The molecule has 6 nitrogen and oxygen atoms in total. The fourth-order valence-corrected chi connectivity index (χ4v) is 4.44.